The van der Waals surface area contributed by atoms with Crippen LogP contribution < -0.4 is 11.3 Å². The summed E-state index contributed by atoms with van der Waals surface area (Å²) in [7, 11) is 0. The van der Waals surface area contributed by atoms with Gasteiger partial charge in [0.05, 0.1) is 17.4 Å². The van der Waals surface area contributed by atoms with Gasteiger partial charge in [0.2, 0.25) is 0 Å². The molecule has 8 nitrogen and oxygen atoms in total. The summed E-state index contributed by atoms with van der Waals surface area (Å²) in [5, 5.41) is 8.75. The first-order chi connectivity index (χ1) is 15.0. The molecule has 2 aromatic heterocycles. The van der Waals surface area contributed by atoms with Gasteiger partial charge in [-0.05, 0) is 55.0 Å². The van der Waals surface area contributed by atoms with Crippen molar-refractivity contribution in [2.75, 3.05) is 13.1 Å². The van der Waals surface area contributed by atoms with E-state index in [4.69, 9.17) is 5.73 Å². The monoisotopic (exact) mass is 418 g/mol. The van der Waals surface area contributed by atoms with Gasteiger partial charge in [-0.15, -0.1) is 5.10 Å². The molecule has 2 aromatic carbocycles. The summed E-state index contributed by atoms with van der Waals surface area (Å²) in [5.74, 6) is -0.437. The van der Waals surface area contributed by atoms with E-state index in [1.165, 1.54) is 22.9 Å². The summed E-state index contributed by atoms with van der Waals surface area (Å²) in [6, 6.07) is 12.8. The summed E-state index contributed by atoms with van der Waals surface area (Å²) in [4.78, 5) is 29.5. The number of halogens is 1. The number of carbonyl (C=O) groups excluding carboxylic acids is 1. The predicted molar refractivity (Wildman–Crippen MR) is 113 cm³/mol. The number of aromatic nitrogens is 4. The second kappa shape index (κ2) is 7.44. The largest absolute Gasteiger partial charge is 0.337 e. The van der Waals surface area contributed by atoms with Crippen LogP contribution in [0.25, 0.3) is 27.8 Å². The molecule has 1 aliphatic heterocycles. The van der Waals surface area contributed by atoms with Crippen LogP contribution in [0.2, 0.25) is 0 Å². The van der Waals surface area contributed by atoms with E-state index >= 15 is 0 Å². The number of carbonyl (C=O) groups is 1. The van der Waals surface area contributed by atoms with Crippen LogP contribution in [-0.4, -0.2) is 49.9 Å². The minimum Gasteiger partial charge on any atom is -0.337 e. The Hall–Kier alpha value is -3.85. The second-order valence-electron chi connectivity index (χ2n) is 7.64. The number of likely N-dealkylation sites (tertiary alicyclic amines) is 1. The Balaban J connectivity index is 1.42. The Kier molecular flexibility index (Phi) is 4.59. The quantitative estimate of drug-likeness (QED) is 0.529. The van der Waals surface area contributed by atoms with Crippen LogP contribution in [0.5, 0.6) is 0 Å². The fraction of sp³-hybridized carbons (Fsp3) is 0.182. The molecule has 0 radical (unpaired) electrons. The van der Waals surface area contributed by atoms with Crippen LogP contribution in [0.3, 0.4) is 0 Å². The molecule has 9 heteroatoms. The van der Waals surface area contributed by atoms with Crippen molar-refractivity contribution in [1.29, 1.82) is 0 Å². The normalized spacial score (nSPS) is 16.2. The average molecular weight is 418 g/mol. The fourth-order valence-electron chi connectivity index (χ4n) is 3.79. The van der Waals surface area contributed by atoms with E-state index in [1.54, 1.807) is 41.4 Å². The second-order valence-corrected chi connectivity index (χ2v) is 7.64. The molecule has 31 heavy (non-hydrogen) atoms. The lowest BCUT2D eigenvalue weighted by Gasteiger charge is -2.15. The maximum absolute atomic E-state index is 13.5. The highest BCUT2D eigenvalue weighted by atomic mass is 19.1. The molecule has 1 saturated heterocycles. The fourth-order valence-corrected chi connectivity index (χ4v) is 3.79. The van der Waals surface area contributed by atoms with Gasteiger partial charge in [0.25, 0.3) is 11.5 Å². The standard InChI is InChI=1S/C22H19FN6O2/c23-15-3-6-19-14(9-15)10-18(21(30)25-19)20-12-29(27-26-20)17-4-1-13(2-5-17)22(31)28-8-7-16(24)11-28/h1-6,9-10,12,16H,7-8,11,24H2,(H,25,30)/t16-/m1/s1. The molecule has 3 N–H and O–H groups in total. The molecule has 1 amide bonds. The van der Waals surface area contributed by atoms with Crippen molar-refractivity contribution in [1.82, 2.24) is 24.9 Å². The van der Waals surface area contributed by atoms with Gasteiger partial charge in [-0.25, -0.2) is 9.07 Å². The van der Waals surface area contributed by atoms with E-state index in [9.17, 15) is 14.0 Å². The first kappa shape index (κ1) is 19.1. The van der Waals surface area contributed by atoms with Gasteiger partial charge in [-0.1, -0.05) is 5.21 Å². The van der Waals surface area contributed by atoms with Crippen molar-refractivity contribution in [3.8, 4) is 16.9 Å². The minimum absolute atomic E-state index is 0.0338. The number of rotatable bonds is 3. The Morgan fingerprint density at radius 3 is 2.71 bits per heavy atom. The highest BCUT2D eigenvalue weighted by molar-refractivity contribution is 5.94. The van der Waals surface area contributed by atoms with Crippen molar-refractivity contribution in [3.63, 3.8) is 0 Å². The van der Waals surface area contributed by atoms with Crippen molar-refractivity contribution in [2.24, 2.45) is 5.73 Å². The molecule has 4 aromatic rings. The van der Waals surface area contributed by atoms with Crippen molar-refractivity contribution in [2.45, 2.75) is 12.5 Å². The van der Waals surface area contributed by atoms with Gasteiger partial charge in [-0.2, -0.15) is 0 Å². The molecule has 156 valence electrons. The zero-order valence-electron chi connectivity index (χ0n) is 16.5. The molecule has 0 unspecified atom stereocenters. The first-order valence-electron chi connectivity index (χ1n) is 9.88. The smallest absolute Gasteiger partial charge is 0.258 e. The summed E-state index contributed by atoms with van der Waals surface area (Å²) in [6.07, 6.45) is 2.43. The zero-order valence-corrected chi connectivity index (χ0v) is 16.5. The van der Waals surface area contributed by atoms with E-state index in [2.05, 4.69) is 15.3 Å². The third-order valence-corrected chi connectivity index (χ3v) is 5.47. The number of benzene rings is 2. The predicted octanol–water partition coefficient (Wildman–Crippen LogP) is 2.09. The molecule has 0 aliphatic carbocycles. The van der Waals surface area contributed by atoms with Crippen molar-refractivity contribution < 1.29 is 9.18 Å². The maximum Gasteiger partial charge on any atom is 0.258 e. The van der Waals surface area contributed by atoms with Crippen molar-refractivity contribution >= 4 is 16.8 Å². The topological polar surface area (TPSA) is 110 Å². The first-order valence-corrected chi connectivity index (χ1v) is 9.88. The molecule has 1 aliphatic rings. The lowest BCUT2D eigenvalue weighted by molar-refractivity contribution is 0.0791. The number of aromatic amines is 1. The van der Waals surface area contributed by atoms with Crippen LogP contribution >= 0.6 is 0 Å². The number of hydrogen-bond acceptors (Lipinski definition) is 5. The third kappa shape index (κ3) is 3.59. The van der Waals surface area contributed by atoms with Gasteiger partial charge in [0.15, 0.2) is 0 Å². The van der Waals surface area contributed by atoms with Gasteiger partial charge >= 0.3 is 0 Å². The van der Waals surface area contributed by atoms with Gasteiger partial charge in [-0.3, -0.25) is 9.59 Å². The van der Waals surface area contributed by atoms with Crippen LogP contribution in [0.4, 0.5) is 4.39 Å². The van der Waals surface area contributed by atoms with E-state index in [1.807, 2.05) is 0 Å². The van der Waals surface area contributed by atoms with E-state index < -0.39 is 0 Å². The number of nitrogens with zero attached hydrogens (tertiary/aromatic N) is 4. The molecule has 5 rings (SSSR count). The Bertz CT molecular complexity index is 1340. The number of hydrogen-bond donors (Lipinski definition) is 2. The molecule has 0 saturated carbocycles. The number of nitrogens with two attached hydrogens (primary N) is 1. The highest BCUT2D eigenvalue weighted by Gasteiger charge is 2.24. The Morgan fingerprint density at radius 2 is 1.97 bits per heavy atom. The van der Waals surface area contributed by atoms with E-state index in [0.717, 1.165) is 6.42 Å². The van der Waals surface area contributed by atoms with Crippen LogP contribution in [-0.2, 0) is 0 Å². The molecule has 1 atom stereocenters. The van der Waals surface area contributed by atoms with Gasteiger partial charge in [0.1, 0.15) is 11.5 Å². The third-order valence-electron chi connectivity index (χ3n) is 5.47. The van der Waals surface area contributed by atoms with Crippen LogP contribution in [0, 0.1) is 5.82 Å². The SMILES string of the molecule is N[C@@H]1CCN(C(=O)c2ccc(-n3cc(-c4cc5cc(F)ccc5[nH]c4=O)nn3)cc2)C1. The van der Waals surface area contributed by atoms with Crippen LogP contribution in [0.15, 0.2) is 59.5 Å². The summed E-state index contributed by atoms with van der Waals surface area (Å²) in [6.45, 7) is 1.23. The van der Waals surface area contributed by atoms with Crippen LogP contribution in [0.1, 0.15) is 16.8 Å². The van der Waals surface area contributed by atoms with E-state index in [0.29, 0.717) is 46.5 Å². The molecule has 1 fully saturated rings. The maximum atomic E-state index is 13.5. The van der Waals surface area contributed by atoms with Gasteiger partial charge in [0, 0.05) is 35.6 Å². The molecular weight excluding hydrogens is 399 g/mol. The van der Waals surface area contributed by atoms with E-state index in [-0.39, 0.29) is 23.3 Å². The lowest BCUT2D eigenvalue weighted by Crippen LogP contribution is -2.31. The zero-order chi connectivity index (χ0) is 21.5. The Labute approximate surface area is 176 Å². The molecule has 0 spiro atoms. The number of pyridine rings is 1. The summed E-state index contributed by atoms with van der Waals surface area (Å²) in [5.41, 5.74) is 8.01. The Morgan fingerprint density at radius 1 is 1.16 bits per heavy atom. The number of fused-ring (bicyclic) bond motifs is 1. The minimum atomic E-state index is -0.389. The highest BCUT2D eigenvalue weighted by Crippen LogP contribution is 2.20. The number of nitrogens with one attached hydrogen (secondary N) is 1. The average Bonchev–Trinajstić information content (AvgIpc) is 3.43. The number of H-pyrrole nitrogens is 1. The molecule has 0 bridgehead atoms. The lowest BCUT2D eigenvalue weighted by atomic mass is 10.1. The van der Waals surface area contributed by atoms with Gasteiger partial charge < -0.3 is 15.6 Å². The molecule has 3 heterocycles. The summed E-state index contributed by atoms with van der Waals surface area (Å²) < 4.78 is 15.1. The number of amides is 1. The summed E-state index contributed by atoms with van der Waals surface area (Å²) >= 11 is 0. The van der Waals surface area contributed by atoms with Crippen molar-refractivity contribution in [3.05, 3.63) is 76.5 Å². The molecular formula is C22H19FN6O2.